The molecular weight excluding hydrogens is 374 g/mol. The zero-order valence-electron chi connectivity index (χ0n) is 18.3. The van der Waals surface area contributed by atoms with Gasteiger partial charge in [0.15, 0.2) is 0 Å². The average molecular weight is 410 g/mol. The van der Waals surface area contributed by atoms with Crippen LogP contribution in [0, 0.1) is 0 Å². The van der Waals surface area contributed by atoms with E-state index in [1.165, 1.54) is 50.0 Å². The molecule has 0 aromatic carbocycles. The molecule has 1 N–H and O–H groups in total. The third kappa shape index (κ3) is 4.00. The minimum Gasteiger partial charge on any atom is -0.357 e. The van der Waals surface area contributed by atoms with Gasteiger partial charge in [-0.1, -0.05) is 12.8 Å². The molecule has 2 aromatic rings. The minimum absolute atomic E-state index is 0.193. The quantitative estimate of drug-likeness (QED) is 0.841. The number of hydrogen-bond acceptors (Lipinski definition) is 4. The topological polar surface area (TPSA) is 55.5 Å². The van der Waals surface area contributed by atoms with Gasteiger partial charge >= 0.3 is 0 Å². The van der Waals surface area contributed by atoms with Gasteiger partial charge in [0.25, 0.3) is 0 Å². The van der Waals surface area contributed by atoms with Gasteiger partial charge in [0.2, 0.25) is 5.91 Å². The highest BCUT2D eigenvalue weighted by molar-refractivity contribution is 5.80. The lowest BCUT2D eigenvalue weighted by Crippen LogP contribution is -2.49. The van der Waals surface area contributed by atoms with Crippen molar-refractivity contribution in [3.63, 3.8) is 0 Å². The van der Waals surface area contributed by atoms with Crippen LogP contribution in [0.4, 0.5) is 0 Å². The molecule has 6 heteroatoms. The van der Waals surface area contributed by atoms with Gasteiger partial charge in [-0.3, -0.25) is 19.6 Å². The average Bonchev–Trinajstić information content (AvgIpc) is 3.43. The largest absolute Gasteiger partial charge is 0.357 e. The maximum absolute atomic E-state index is 12.0. The maximum atomic E-state index is 12.0. The Morgan fingerprint density at radius 1 is 1.10 bits per heavy atom. The van der Waals surface area contributed by atoms with Gasteiger partial charge in [-0.2, -0.15) is 0 Å². The molecule has 0 bridgehead atoms. The second kappa shape index (κ2) is 8.67. The van der Waals surface area contributed by atoms with E-state index in [0.717, 1.165) is 62.6 Å². The molecule has 2 aliphatic heterocycles. The Labute approximate surface area is 179 Å². The first-order chi connectivity index (χ1) is 14.7. The van der Waals surface area contributed by atoms with Crippen LogP contribution >= 0.6 is 0 Å². The van der Waals surface area contributed by atoms with E-state index in [4.69, 9.17) is 4.98 Å². The molecule has 0 spiro atoms. The van der Waals surface area contributed by atoms with Crippen molar-refractivity contribution in [2.45, 2.75) is 64.0 Å². The number of nitrogens with one attached hydrogen (secondary N) is 1. The van der Waals surface area contributed by atoms with Gasteiger partial charge in [-0.15, -0.1) is 0 Å². The van der Waals surface area contributed by atoms with Gasteiger partial charge < -0.3 is 9.88 Å². The van der Waals surface area contributed by atoms with Crippen LogP contribution in [0.15, 0.2) is 18.3 Å². The number of aromatic nitrogens is 2. The SMILES string of the molecule is CC(=O)N1CCC[C@@H](c2[nH]c3cccnc3c2CN2CCN(C3CCCC3)CC2)C1. The van der Waals surface area contributed by atoms with Crippen LogP contribution in [0.3, 0.4) is 0 Å². The van der Waals surface area contributed by atoms with Crippen LogP contribution in [-0.2, 0) is 11.3 Å². The van der Waals surface area contributed by atoms with Crippen molar-refractivity contribution < 1.29 is 4.79 Å². The zero-order valence-corrected chi connectivity index (χ0v) is 18.3. The van der Waals surface area contributed by atoms with Gasteiger partial charge in [-0.25, -0.2) is 0 Å². The third-order valence-corrected chi connectivity index (χ3v) is 7.59. The molecular formula is C24H35N5O. The highest BCUT2D eigenvalue weighted by Gasteiger charge is 2.30. The number of piperazine rings is 1. The zero-order chi connectivity index (χ0) is 20.5. The summed E-state index contributed by atoms with van der Waals surface area (Å²) in [4.78, 5) is 27.8. The first kappa shape index (κ1) is 20.0. The number of nitrogens with zero attached hydrogens (tertiary/aromatic N) is 4. The molecule has 6 nitrogen and oxygen atoms in total. The lowest BCUT2D eigenvalue weighted by atomic mass is 9.92. The number of piperidine rings is 1. The molecule has 2 saturated heterocycles. The number of rotatable bonds is 4. The molecule has 1 saturated carbocycles. The number of aromatic amines is 1. The molecule has 0 unspecified atom stereocenters. The molecule has 3 aliphatic rings. The van der Waals surface area contributed by atoms with Crippen molar-refractivity contribution in [1.82, 2.24) is 24.7 Å². The number of amides is 1. The Kier molecular flexibility index (Phi) is 5.79. The van der Waals surface area contributed by atoms with Crippen molar-refractivity contribution in [2.24, 2.45) is 0 Å². The van der Waals surface area contributed by atoms with Crippen molar-refractivity contribution in [3.05, 3.63) is 29.6 Å². The summed E-state index contributed by atoms with van der Waals surface area (Å²) in [5, 5.41) is 0. The number of fused-ring (bicyclic) bond motifs is 1. The number of pyridine rings is 1. The molecule has 1 atom stereocenters. The maximum Gasteiger partial charge on any atom is 0.219 e. The molecule has 0 radical (unpaired) electrons. The van der Waals surface area contributed by atoms with E-state index >= 15 is 0 Å². The Hall–Kier alpha value is -1.92. The van der Waals surface area contributed by atoms with Crippen LogP contribution < -0.4 is 0 Å². The summed E-state index contributed by atoms with van der Waals surface area (Å²) in [7, 11) is 0. The number of likely N-dealkylation sites (tertiary alicyclic amines) is 1. The van der Waals surface area contributed by atoms with E-state index in [-0.39, 0.29) is 5.91 Å². The van der Waals surface area contributed by atoms with E-state index in [0.29, 0.717) is 5.92 Å². The first-order valence-corrected chi connectivity index (χ1v) is 11.9. The van der Waals surface area contributed by atoms with Crippen LogP contribution in [0.2, 0.25) is 0 Å². The molecule has 4 heterocycles. The fourth-order valence-corrected chi connectivity index (χ4v) is 5.88. The molecule has 1 amide bonds. The Balaban J connectivity index is 1.34. The molecule has 5 rings (SSSR count). The summed E-state index contributed by atoms with van der Waals surface area (Å²) in [5.74, 6) is 0.574. The van der Waals surface area contributed by atoms with E-state index in [2.05, 4.69) is 20.9 Å². The fraction of sp³-hybridized carbons (Fsp3) is 0.667. The second-order valence-corrected chi connectivity index (χ2v) is 9.47. The number of carbonyl (C=O) groups excluding carboxylic acids is 1. The van der Waals surface area contributed by atoms with E-state index in [9.17, 15) is 4.79 Å². The summed E-state index contributed by atoms with van der Waals surface area (Å²) in [5.41, 5.74) is 4.92. The van der Waals surface area contributed by atoms with Gasteiger partial charge in [0.1, 0.15) is 0 Å². The summed E-state index contributed by atoms with van der Waals surface area (Å²) in [6.07, 6.45) is 9.73. The normalized spacial score (nSPS) is 24.7. The number of hydrogen-bond donors (Lipinski definition) is 1. The molecule has 162 valence electrons. The highest BCUT2D eigenvalue weighted by Crippen LogP contribution is 2.33. The Morgan fingerprint density at radius 3 is 2.67 bits per heavy atom. The predicted molar refractivity (Wildman–Crippen MR) is 119 cm³/mol. The standard InChI is InChI=1S/C24H35N5O/c1-18(30)29-11-5-6-19(16-29)23-21(24-22(26-23)9-4-10-25-24)17-27-12-14-28(15-13-27)20-7-2-3-8-20/h4,9-10,19-20,26H,2-3,5-8,11-17H2,1H3/t19-/m1/s1. The smallest absolute Gasteiger partial charge is 0.219 e. The summed E-state index contributed by atoms with van der Waals surface area (Å²) < 4.78 is 0. The molecule has 1 aliphatic carbocycles. The van der Waals surface area contributed by atoms with E-state index in [1.54, 1.807) is 6.92 Å². The van der Waals surface area contributed by atoms with Crippen molar-refractivity contribution in [2.75, 3.05) is 39.3 Å². The van der Waals surface area contributed by atoms with Crippen molar-refractivity contribution >= 4 is 16.9 Å². The van der Waals surface area contributed by atoms with Crippen LogP contribution in [0.25, 0.3) is 11.0 Å². The minimum atomic E-state index is 0.193. The first-order valence-electron chi connectivity index (χ1n) is 11.9. The van der Waals surface area contributed by atoms with Gasteiger partial charge in [0.05, 0.1) is 11.0 Å². The summed E-state index contributed by atoms with van der Waals surface area (Å²) in [6.45, 7) is 9.03. The molecule has 2 aromatic heterocycles. The lowest BCUT2D eigenvalue weighted by molar-refractivity contribution is -0.130. The second-order valence-electron chi connectivity index (χ2n) is 9.47. The van der Waals surface area contributed by atoms with E-state index in [1.807, 2.05) is 17.2 Å². The Morgan fingerprint density at radius 2 is 1.90 bits per heavy atom. The van der Waals surface area contributed by atoms with Crippen molar-refractivity contribution in [3.8, 4) is 0 Å². The van der Waals surface area contributed by atoms with Crippen LogP contribution in [0.5, 0.6) is 0 Å². The van der Waals surface area contributed by atoms with E-state index < -0.39 is 0 Å². The number of carbonyl (C=O) groups is 1. The van der Waals surface area contributed by atoms with Gasteiger partial charge in [0, 0.05) is 82.2 Å². The third-order valence-electron chi connectivity index (χ3n) is 7.59. The molecule has 30 heavy (non-hydrogen) atoms. The van der Waals surface area contributed by atoms with Gasteiger partial charge in [-0.05, 0) is 37.8 Å². The lowest BCUT2D eigenvalue weighted by Gasteiger charge is -2.38. The monoisotopic (exact) mass is 409 g/mol. The number of H-pyrrole nitrogens is 1. The highest BCUT2D eigenvalue weighted by atomic mass is 16.2. The van der Waals surface area contributed by atoms with Crippen LogP contribution in [0.1, 0.15) is 62.6 Å². The van der Waals surface area contributed by atoms with Crippen molar-refractivity contribution in [1.29, 1.82) is 0 Å². The predicted octanol–water partition coefficient (Wildman–Crippen LogP) is 3.35. The fourth-order valence-electron chi connectivity index (χ4n) is 5.88. The van der Waals surface area contributed by atoms with Crippen LogP contribution in [-0.4, -0.2) is 75.9 Å². The molecule has 3 fully saturated rings. The Bertz CT molecular complexity index is 879. The summed E-state index contributed by atoms with van der Waals surface area (Å²) >= 11 is 0. The summed E-state index contributed by atoms with van der Waals surface area (Å²) in [6, 6.07) is 4.98.